The number of fused-ring (bicyclic) bond motifs is 2. The number of benzene rings is 4. The lowest BCUT2D eigenvalue weighted by atomic mass is 9.59. The summed E-state index contributed by atoms with van der Waals surface area (Å²) in [5.41, 5.74) is 1.88. The molecule has 1 saturated carbocycles. The van der Waals surface area contributed by atoms with Crippen molar-refractivity contribution >= 4 is 44.0 Å². The fourth-order valence-electron chi connectivity index (χ4n) is 11.9. The smallest absolute Gasteiger partial charge is 0.293 e. The number of ether oxygens (including phenoxy) is 4. The lowest BCUT2D eigenvalue weighted by Crippen LogP contribution is -2.60. The van der Waals surface area contributed by atoms with Gasteiger partial charge in [-0.25, -0.2) is 26.9 Å². The maximum atomic E-state index is 16.6. The second-order valence-corrected chi connectivity index (χ2v) is 22.9. The second-order valence-electron chi connectivity index (χ2n) is 21.2. The number of carbonyl (C=O) groups excluding carboxylic acids is 1. The number of anilines is 2. The fourth-order valence-corrected chi connectivity index (χ4v) is 12.9. The summed E-state index contributed by atoms with van der Waals surface area (Å²) in [6, 6.07) is 24.4. The summed E-state index contributed by atoms with van der Waals surface area (Å²) >= 11 is 0. The molecule has 2 aromatic heterocycles. The van der Waals surface area contributed by atoms with Crippen LogP contribution in [0.2, 0.25) is 0 Å². The number of halogens is 2. The molecule has 4 aliphatic heterocycles. The van der Waals surface area contributed by atoms with Crippen LogP contribution >= 0.6 is 0 Å². The number of H-pyrrole nitrogens is 1. The van der Waals surface area contributed by atoms with Crippen LogP contribution in [0.15, 0.2) is 102 Å². The number of carbonyl (C=O) groups is 1. The Bertz CT molecular complexity index is 3260. The Kier molecular flexibility index (Phi) is 14.1. The average molecular weight is 1060 g/mol. The molecule has 0 unspecified atom stereocenters. The predicted molar refractivity (Wildman–Crippen MR) is 282 cm³/mol. The molecule has 3 saturated heterocycles. The van der Waals surface area contributed by atoms with Gasteiger partial charge in [-0.3, -0.25) is 24.7 Å². The van der Waals surface area contributed by atoms with Gasteiger partial charge in [0.05, 0.1) is 27.3 Å². The van der Waals surface area contributed by atoms with Crippen molar-refractivity contribution in [3.8, 4) is 23.0 Å². The molecular weight excluding hydrogens is 999 g/mol. The minimum Gasteiger partial charge on any atom is -0.486 e. The minimum atomic E-state index is -4.79. The van der Waals surface area contributed by atoms with E-state index < -0.39 is 48.5 Å². The first-order valence-corrected chi connectivity index (χ1v) is 27.6. The Morgan fingerprint density at radius 3 is 2.53 bits per heavy atom. The summed E-state index contributed by atoms with van der Waals surface area (Å²) in [5, 5.41) is 15.6. The summed E-state index contributed by atoms with van der Waals surface area (Å²) in [6.07, 6.45) is 7.03. The number of pyridine rings is 1. The van der Waals surface area contributed by atoms with Crippen molar-refractivity contribution in [2.75, 3.05) is 75.9 Å². The van der Waals surface area contributed by atoms with Gasteiger partial charge in [-0.05, 0) is 84.5 Å². The molecule has 17 nitrogen and oxygen atoms in total. The zero-order valence-electron chi connectivity index (χ0n) is 42.6. The van der Waals surface area contributed by atoms with E-state index in [4.69, 9.17) is 18.9 Å². The van der Waals surface area contributed by atoms with Crippen molar-refractivity contribution in [2.24, 2.45) is 5.41 Å². The SMILES string of the molecule is CC(C)c1ccccc1[C@@H]1CN(Cc2cccc3c2OCCO3)CCN1C1CC2(CCN(c3cc(Oc4cnc5[nH]ccc5c4)c(C(=O)NS(=O)(=O)c4ccc(NCC5(F)CCOCC5)c([N+](=O)[O-])c4)cc3F)CC2)C1. The first-order valence-electron chi connectivity index (χ1n) is 26.1. The molecule has 6 heterocycles. The minimum absolute atomic E-state index is 0.0754. The fraction of sp³-hybridized carbons (Fsp3) is 0.429. The van der Waals surface area contributed by atoms with Crippen LogP contribution in [-0.4, -0.2) is 116 Å². The van der Waals surface area contributed by atoms with Crippen molar-refractivity contribution in [2.45, 2.75) is 87.5 Å². The Balaban J connectivity index is 0.800. The maximum absolute atomic E-state index is 16.6. The van der Waals surface area contributed by atoms with E-state index in [-0.39, 0.29) is 66.9 Å². The molecule has 400 valence electrons. The van der Waals surface area contributed by atoms with E-state index >= 15 is 8.78 Å². The Morgan fingerprint density at radius 1 is 0.947 bits per heavy atom. The molecule has 1 amide bonds. The highest BCUT2D eigenvalue weighted by Gasteiger charge is 2.50. The normalized spacial score (nSPS) is 19.9. The lowest BCUT2D eigenvalue weighted by molar-refractivity contribution is -0.384. The first kappa shape index (κ1) is 51.2. The highest BCUT2D eigenvalue weighted by Crippen LogP contribution is 2.54. The first-order chi connectivity index (χ1) is 36.6. The van der Waals surface area contributed by atoms with E-state index in [2.05, 4.69) is 69.3 Å². The summed E-state index contributed by atoms with van der Waals surface area (Å²) < 4.78 is 85.0. The van der Waals surface area contributed by atoms with E-state index in [0.29, 0.717) is 49.3 Å². The molecule has 6 aromatic rings. The molecular formula is C56H62F2N8O9S. The third-order valence-electron chi connectivity index (χ3n) is 16.1. The van der Waals surface area contributed by atoms with Crippen molar-refractivity contribution in [1.29, 1.82) is 0 Å². The van der Waals surface area contributed by atoms with Gasteiger partial charge >= 0.3 is 0 Å². The van der Waals surface area contributed by atoms with Crippen molar-refractivity contribution in [1.82, 2.24) is 24.5 Å². The molecule has 3 N–H and O–H groups in total. The van der Waals surface area contributed by atoms with Crippen LogP contribution < -0.4 is 29.1 Å². The van der Waals surface area contributed by atoms with Gasteiger partial charge in [-0.1, -0.05) is 50.2 Å². The van der Waals surface area contributed by atoms with E-state index in [1.54, 1.807) is 18.3 Å². The van der Waals surface area contributed by atoms with E-state index in [9.17, 15) is 23.3 Å². The molecule has 0 bridgehead atoms. The van der Waals surface area contributed by atoms with Crippen LogP contribution in [0.25, 0.3) is 11.0 Å². The quantitative estimate of drug-likeness (QED) is 0.0650. The van der Waals surface area contributed by atoms with Crippen LogP contribution in [0.4, 0.5) is 25.8 Å². The van der Waals surface area contributed by atoms with E-state index in [0.717, 1.165) is 93.2 Å². The lowest BCUT2D eigenvalue weighted by Gasteiger charge is -2.58. The van der Waals surface area contributed by atoms with Crippen LogP contribution in [0, 0.1) is 21.3 Å². The van der Waals surface area contributed by atoms with Crippen LogP contribution in [-0.2, 0) is 21.3 Å². The molecule has 1 aliphatic carbocycles. The van der Waals surface area contributed by atoms with Gasteiger partial charge in [0.25, 0.3) is 21.6 Å². The molecule has 5 aliphatic rings. The number of sulfonamides is 1. The number of rotatable bonds is 15. The molecule has 20 heteroatoms. The number of nitro groups is 1. The third kappa shape index (κ3) is 10.5. The van der Waals surface area contributed by atoms with Gasteiger partial charge in [-0.2, -0.15) is 0 Å². The molecule has 4 aromatic carbocycles. The van der Waals surface area contributed by atoms with E-state index in [1.807, 2.05) is 21.8 Å². The molecule has 4 fully saturated rings. The number of para-hydroxylation sites is 1. The number of alkyl halides is 1. The molecule has 11 rings (SSSR count). The number of nitrogens with zero attached hydrogens (tertiary/aromatic N) is 5. The van der Waals surface area contributed by atoms with Crippen molar-refractivity contribution in [3.05, 3.63) is 136 Å². The number of hydrogen-bond donors (Lipinski definition) is 3. The number of aromatic nitrogens is 2. The molecule has 76 heavy (non-hydrogen) atoms. The molecule has 1 atom stereocenters. The molecule has 0 radical (unpaired) electrons. The number of aromatic amines is 1. The van der Waals surface area contributed by atoms with Gasteiger partial charge in [0.15, 0.2) is 11.5 Å². The van der Waals surface area contributed by atoms with Crippen LogP contribution in [0.3, 0.4) is 0 Å². The summed E-state index contributed by atoms with van der Waals surface area (Å²) in [7, 11) is -4.79. The summed E-state index contributed by atoms with van der Waals surface area (Å²) in [5.74, 6) is 0.118. The Morgan fingerprint density at radius 2 is 1.74 bits per heavy atom. The maximum Gasteiger partial charge on any atom is 0.293 e. The number of nitro benzene ring substituents is 1. The summed E-state index contributed by atoms with van der Waals surface area (Å²) in [4.78, 5) is 39.5. The number of hydrogen-bond acceptors (Lipinski definition) is 14. The van der Waals surface area contributed by atoms with Gasteiger partial charge < -0.3 is 34.1 Å². The molecule has 1 spiro atoms. The van der Waals surface area contributed by atoms with Crippen LogP contribution in [0.1, 0.15) is 91.4 Å². The standard InChI is InChI=1S/C56H62F2N8O9S/c1-36(2)42-7-3-4-8-43(42)49-34-63(33-38-6-5-9-50-52(38)74-25-24-73-50)20-21-65(49)39-30-55(31-39)13-18-64(19-14-55)47-29-51(75-40-26-37-12-17-59-53(37)60-32-40)44(28-45(47)57)54(67)62-76(70,71)41-10-11-46(48(27-41)66(68)69)61-35-56(58)15-22-72-23-16-56/h3-12,17,26-29,32,36,39,49,61H,13-16,18-25,30-31,33-35H2,1-2H3,(H,59,60)(H,62,67)/t49-/m0/s1. The van der Waals surface area contributed by atoms with Crippen molar-refractivity contribution in [3.63, 3.8) is 0 Å². The highest BCUT2D eigenvalue weighted by molar-refractivity contribution is 7.90. The number of piperidine rings is 1. The third-order valence-corrected chi connectivity index (χ3v) is 17.4. The van der Waals surface area contributed by atoms with Gasteiger partial charge in [0, 0.05) is 113 Å². The number of nitrogens with one attached hydrogen (secondary N) is 3. The topological polar surface area (TPSA) is 194 Å². The van der Waals surface area contributed by atoms with Gasteiger partial charge in [0.1, 0.15) is 47.5 Å². The average Bonchev–Trinajstić information content (AvgIpc) is 3.92. The summed E-state index contributed by atoms with van der Waals surface area (Å²) in [6.45, 7) is 10.3. The second kappa shape index (κ2) is 20.9. The monoisotopic (exact) mass is 1060 g/mol. The Labute approximate surface area is 440 Å². The van der Waals surface area contributed by atoms with Gasteiger partial charge in [-0.15, -0.1) is 0 Å². The van der Waals surface area contributed by atoms with Gasteiger partial charge in [0.2, 0.25) is 0 Å². The van der Waals surface area contributed by atoms with Crippen molar-refractivity contribution < 1.29 is 45.9 Å². The largest absolute Gasteiger partial charge is 0.486 e. The number of piperazine rings is 1. The predicted octanol–water partition coefficient (Wildman–Crippen LogP) is 9.65. The highest BCUT2D eigenvalue weighted by atomic mass is 32.2. The zero-order chi connectivity index (χ0) is 52.8. The number of amides is 1. The van der Waals surface area contributed by atoms with Crippen LogP contribution in [0.5, 0.6) is 23.0 Å². The van der Waals surface area contributed by atoms with E-state index in [1.165, 1.54) is 23.4 Å². The zero-order valence-corrected chi connectivity index (χ0v) is 43.4. The Hall–Kier alpha value is -6.87.